The lowest BCUT2D eigenvalue weighted by atomic mass is 9.76. The number of nitrogens with zero attached hydrogens (tertiary/aromatic N) is 1. The fourth-order valence-corrected chi connectivity index (χ4v) is 4.09. The van der Waals surface area contributed by atoms with E-state index in [1.165, 1.54) is 18.2 Å². The van der Waals surface area contributed by atoms with Gasteiger partial charge in [0.2, 0.25) is 0 Å². The SMILES string of the molecule is COc1ccc([C@@H]2Nc3ccc(C)cc3[C@@H]3C=CC[C@@H]32)cc1[N+](=O)[O-]. The van der Waals surface area contributed by atoms with Crippen molar-refractivity contribution in [2.75, 3.05) is 12.4 Å². The van der Waals surface area contributed by atoms with Crippen LogP contribution in [0.15, 0.2) is 48.6 Å². The number of methoxy groups -OCH3 is 1. The van der Waals surface area contributed by atoms with Gasteiger partial charge in [-0.3, -0.25) is 10.1 Å². The Morgan fingerprint density at radius 1 is 1.24 bits per heavy atom. The number of hydrogen-bond donors (Lipinski definition) is 1. The summed E-state index contributed by atoms with van der Waals surface area (Å²) < 4.78 is 5.13. The van der Waals surface area contributed by atoms with Crippen molar-refractivity contribution < 1.29 is 9.66 Å². The normalized spacial score (nSPS) is 23.5. The Kier molecular flexibility index (Phi) is 3.71. The van der Waals surface area contributed by atoms with Crippen molar-refractivity contribution in [2.24, 2.45) is 5.92 Å². The highest BCUT2D eigenvalue weighted by atomic mass is 16.6. The molecule has 128 valence electrons. The molecule has 4 rings (SSSR count). The third-order valence-electron chi connectivity index (χ3n) is 5.28. The van der Waals surface area contributed by atoms with E-state index in [1.54, 1.807) is 12.1 Å². The van der Waals surface area contributed by atoms with Gasteiger partial charge >= 0.3 is 5.69 Å². The van der Waals surface area contributed by atoms with Crippen molar-refractivity contribution in [1.29, 1.82) is 0 Å². The minimum Gasteiger partial charge on any atom is -0.490 e. The van der Waals surface area contributed by atoms with Crippen molar-refractivity contribution in [2.45, 2.75) is 25.3 Å². The molecule has 0 unspecified atom stereocenters. The van der Waals surface area contributed by atoms with Gasteiger partial charge in [0.25, 0.3) is 0 Å². The molecule has 25 heavy (non-hydrogen) atoms. The van der Waals surface area contributed by atoms with Crippen molar-refractivity contribution in [3.05, 3.63) is 75.4 Å². The van der Waals surface area contributed by atoms with Crippen LogP contribution in [-0.4, -0.2) is 12.0 Å². The average Bonchev–Trinajstić information content (AvgIpc) is 3.10. The first-order chi connectivity index (χ1) is 12.1. The summed E-state index contributed by atoms with van der Waals surface area (Å²) in [6, 6.07) is 11.7. The second kappa shape index (κ2) is 5.92. The average molecular weight is 336 g/mol. The molecule has 1 aliphatic heterocycles. The fraction of sp³-hybridized carbons (Fsp3) is 0.300. The maximum absolute atomic E-state index is 11.4. The largest absolute Gasteiger partial charge is 0.490 e. The summed E-state index contributed by atoms with van der Waals surface area (Å²) in [5, 5.41) is 15.0. The molecule has 0 amide bonds. The van der Waals surface area contributed by atoms with Crippen LogP contribution in [0.5, 0.6) is 5.75 Å². The van der Waals surface area contributed by atoms with Gasteiger partial charge in [-0.25, -0.2) is 0 Å². The lowest BCUT2D eigenvalue weighted by Crippen LogP contribution is -2.29. The zero-order valence-electron chi connectivity index (χ0n) is 14.2. The second-order valence-electron chi connectivity index (χ2n) is 6.75. The molecule has 0 saturated heterocycles. The molecule has 5 heteroatoms. The number of nitro groups is 1. The Labute approximate surface area is 146 Å². The highest BCUT2D eigenvalue weighted by Gasteiger charge is 2.38. The summed E-state index contributed by atoms with van der Waals surface area (Å²) in [5.74, 6) is 1.01. The number of fused-ring (bicyclic) bond motifs is 3. The molecule has 3 atom stereocenters. The van der Waals surface area contributed by atoms with Gasteiger partial charge < -0.3 is 10.1 Å². The molecule has 0 bridgehead atoms. The van der Waals surface area contributed by atoms with Crippen LogP contribution in [0.2, 0.25) is 0 Å². The van der Waals surface area contributed by atoms with Crippen LogP contribution in [0.1, 0.15) is 35.1 Å². The molecule has 1 N–H and O–H groups in total. The molecule has 1 aliphatic carbocycles. The number of anilines is 1. The van der Waals surface area contributed by atoms with Crippen molar-refractivity contribution in [1.82, 2.24) is 0 Å². The Hall–Kier alpha value is -2.82. The number of rotatable bonds is 3. The van der Waals surface area contributed by atoms with Crippen LogP contribution in [-0.2, 0) is 0 Å². The Morgan fingerprint density at radius 3 is 2.84 bits per heavy atom. The van der Waals surface area contributed by atoms with Crippen LogP contribution in [0.4, 0.5) is 11.4 Å². The number of nitrogens with one attached hydrogen (secondary N) is 1. The minimum absolute atomic E-state index is 0.0130. The molecule has 1 heterocycles. The third-order valence-corrected chi connectivity index (χ3v) is 5.28. The predicted molar refractivity (Wildman–Crippen MR) is 97.2 cm³/mol. The monoisotopic (exact) mass is 336 g/mol. The van der Waals surface area contributed by atoms with Crippen LogP contribution in [0.3, 0.4) is 0 Å². The molecular weight excluding hydrogens is 316 g/mol. The van der Waals surface area contributed by atoms with E-state index in [-0.39, 0.29) is 16.7 Å². The summed E-state index contributed by atoms with van der Waals surface area (Å²) in [4.78, 5) is 11.0. The minimum atomic E-state index is -0.382. The lowest BCUT2D eigenvalue weighted by molar-refractivity contribution is -0.385. The lowest BCUT2D eigenvalue weighted by Gasteiger charge is -2.37. The Bertz CT molecular complexity index is 875. The first-order valence-corrected chi connectivity index (χ1v) is 8.44. The first kappa shape index (κ1) is 15.7. The maximum atomic E-state index is 11.4. The molecule has 2 aromatic rings. The summed E-state index contributed by atoms with van der Waals surface area (Å²) >= 11 is 0. The molecular formula is C20H20N2O3. The number of nitro benzene ring substituents is 1. The second-order valence-corrected chi connectivity index (χ2v) is 6.75. The third kappa shape index (κ3) is 2.56. The van der Waals surface area contributed by atoms with Gasteiger partial charge in [-0.15, -0.1) is 0 Å². The molecule has 2 aromatic carbocycles. The number of hydrogen-bond acceptors (Lipinski definition) is 4. The van der Waals surface area contributed by atoms with E-state index in [1.807, 2.05) is 6.07 Å². The number of benzene rings is 2. The number of allylic oxidation sites excluding steroid dienone is 2. The van der Waals surface area contributed by atoms with E-state index in [9.17, 15) is 10.1 Å². The van der Waals surface area contributed by atoms with Crippen LogP contribution < -0.4 is 10.1 Å². The van der Waals surface area contributed by atoms with E-state index in [4.69, 9.17) is 4.74 Å². The van der Waals surface area contributed by atoms with Crippen LogP contribution >= 0.6 is 0 Å². The first-order valence-electron chi connectivity index (χ1n) is 8.44. The zero-order chi connectivity index (χ0) is 17.6. The molecule has 0 aromatic heterocycles. The molecule has 0 fully saturated rings. The number of ether oxygens (including phenoxy) is 1. The molecule has 0 spiro atoms. The quantitative estimate of drug-likeness (QED) is 0.499. The van der Waals surface area contributed by atoms with E-state index in [0.29, 0.717) is 17.6 Å². The van der Waals surface area contributed by atoms with Gasteiger partial charge in [-0.05, 0) is 42.5 Å². The zero-order valence-corrected chi connectivity index (χ0v) is 14.2. The predicted octanol–water partition coefficient (Wildman–Crippen LogP) is 4.74. The van der Waals surface area contributed by atoms with Gasteiger partial charge in [-0.1, -0.05) is 35.9 Å². The fourth-order valence-electron chi connectivity index (χ4n) is 4.09. The van der Waals surface area contributed by atoms with Gasteiger partial charge in [-0.2, -0.15) is 0 Å². The summed E-state index contributed by atoms with van der Waals surface area (Å²) in [5.41, 5.74) is 4.62. The summed E-state index contributed by atoms with van der Waals surface area (Å²) in [6.45, 7) is 2.10. The molecule has 2 aliphatic rings. The van der Waals surface area contributed by atoms with Gasteiger partial charge in [0.15, 0.2) is 5.75 Å². The Morgan fingerprint density at radius 2 is 2.08 bits per heavy atom. The Balaban J connectivity index is 1.78. The summed E-state index contributed by atoms with van der Waals surface area (Å²) in [6.07, 6.45) is 5.46. The van der Waals surface area contributed by atoms with E-state index < -0.39 is 0 Å². The van der Waals surface area contributed by atoms with Gasteiger partial charge in [0, 0.05) is 17.7 Å². The highest BCUT2D eigenvalue weighted by molar-refractivity contribution is 5.61. The van der Waals surface area contributed by atoms with E-state index in [2.05, 4.69) is 42.6 Å². The highest BCUT2D eigenvalue weighted by Crippen LogP contribution is 2.50. The van der Waals surface area contributed by atoms with E-state index in [0.717, 1.165) is 17.7 Å². The molecule has 0 saturated carbocycles. The van der Waals surface area contributed by atoms with Crippen molar-refractivity contribution in [3.8, 4) is 5.75 Å². The molecule has 0 radical (unpaired) electrons. The van der Waals surface area contributed by atoms with Crippen molar-refractivity contribution >= 4 is 11.4 Å². The van der Waals surface area contributed by atoms with Crippen molar-refractivity contribution in [3.63, 3.8) is 0 Å². The molecule has 5 nitrogen and oxygen atoms in total. The van der Waals surface area contributed by atoms with Crippen LogP contribution in [0, 0.1) is 23.0 Å². The topological polar surface area (TPSA) is 64.4 Å². The smallest absolute Gasteiger partial charge is 0.311 e. The van der Waals surface area contributed by atoms with Gasteiger partial charge in [0.05, 0.1) is 18.1 Å². The van der Waals surface area contributed by atoms with E-state index >= 15 is 0 Å². The summed E-state index contributed by atoms with van der Waals surface area (Å²) in [7, 11) is 1.45. The van der Waals surface area contributed by atoms with Gasteiger partial charge in [0.1, 0.15) is 0 Å². The standard InChI is InChI=1S/C20H20N2O3/c1-12-6-8-17-16(10-12)14-4-3-5-15(14)20(21-17)13-7-9-19(25-2)18(11-13)22(23)24/h3-4,6-11,14-15,20-21H,5H2,1-2H3/t14-,15+,20+/m1/s1. The van der Waals surface area contributed by atoms with Crippen LogP contribution in [0.25, 0.3) is 0 Å². The maximum Gasteiger partial charge on any atom is 0.311 e. The number of aryl methyl sites for hydroxylation is 1.